The van der Waals surface area contributed by atoms with Crippen molar-refractivity contribution < 1.29 is 74.6 Å². The molecule has 0 spiro atoms. The molecule has 42 heavy (non-hydrogen) atoms. The van der Waals surface area contributed by atoms with Crippen LogP contribution in [0.15, 0.2) is 18.2 Å². The minimum atomic E-state index is -6.38. The zero-order valence-electron chi connectivity index (χ0n) is 19.2. The summed E-state index contributed by atoms with van der Waals surface area (Å²) in [5.41, 5.74) is -11.6. The third-order valence-corrected chi connectivity index (χ3v) is 6.45. The van der Waals surface area contributed by atoms with Gasteiger partial charge < -0.3 is 0 Å². The summed E-state index contributed by atoms with van der Waals surface area (Å²) in [6.45, 7) is 0. The van der Waals surface area contributed by atoms with Crippen LogP contribution in [0.25, 0.3) is 0 Å². The predicted octanol–water partition coefficient (Wildman–Crippen LogP) is 5.43. The summed E-state index contributed by atoms with van der Waals surface area (Å²) < 4.78 is 250. The molecule has 0 heterocycles. The van der Waals surface area contributed by atoms with Crippen molar-refractivity contribution in [3.05, 3.63) is 117 Å². The molecule has 0 aromatic heterocycles. The van der Waals surface area contributed by atoms with E-state index in [1.165, 1.54) is 0 Å². The van der Waals surface area contributed by atoms with Crippen molar-refractivity contribution in [3.8, 4) is 0 Å². The summed E-state index contributed by atoms with van der Waals surface area (Å²) in [7, 11) is 0. The summed E-state index contributed by atoms with van der Waals surface area (Å²) >= 11 is 0. The predicted molar refractivity (Wildman–Crippen MR) is 109 cm³/mol. The van der Waals surface area contributed by atoms with Crippen LogP contribution in [-0.4, -0.2) is 6.15 Å². The van der Waals surface area contributed by atoms with Crippen molar-refractivity contribution in [1.29, 1.82) is 0 Å². The van der Waals surface area contributed by atoms with Crippen LogP contribution in [0.4, 0.5) is 74.6 Å². The highest BCUT2D eigenvalue weighted by Crippen LogP contribution is 2.28. The van der Waals surface area contributed by atoms with Gasteiger partial charge in [0, 0.05) is 0 Å². The van der Waals surface area contributed by atoms with Gasteiger partial charge >= 0.3 is 0 Å². The summed E-state index contributed by atoms with van der Waals surface area (Å²) in [6.07, 6.45) is -6.38. The lowest BCUT2D eigenvalue weighted by molar-refractivity contribution is 0.380. The molecular formula is C24H3BF17-. The van der Waals surface area contributed by atoms with E-state index in [9.17, 15) is 43.9 Å². The Morgan fingerprint density at radius 2 is 0.548 bits per heavy atom. The Hall–Kier alpha value is -4.25. The van der Waals surface area contributed by atoms with E-state index in [1.54, 1.807) is 0 Å². The van der Waals surface area contributed by atoms with E-state index in [1.807, 2.05) is 0 Å². The van der Waals surface area contributed by atoms with Crippen LogP contribution < -0.4 is 21.9 Å². The van der Waals surface area contributed by atoms with Gasteiger partial charge in [-0.25, -0.2) is 74.6 Å². The van der Waals surface area contributed by atoms with Gasteiger partial charge in [0.2, 0.25) is 0 Å². The molecule has 0 aliphatic heterocycles. The second-order valence-electron chi connectivity index (χ2n) is 8.48. The minimum Gasteiger partial charge on any atom is -0.210 e. The van der Waals surface area contributed by atoms with E-state index in [-0.39, 0.29) is 12.1 Å². The Kier molecular flexibility index (Phi) is 7.48. The lowest BCUT2D eigenvalue weighted by Gasteiger charge is -2.44. The molecule has 0 unspecified atom stereocenters. The van der Waals surface area contributed by atoms with E-state index in [0.29, 0.717) is 0 Å². The SMILES string of the molecule is Fc1ccc(F)c([B-](c2c(F)c(F)c(F)c(F)c2F)(c2c(F)c(F)c(F)c(F)c2F)c2c(F)c(F)c(F)c(F)c2F)c1. The maximum absolute atomic E-state index is 15.3. The van der Waals surface area contributed by atoms with Gasteiger partial charge in [-0.1, -0.05) is 6.07 Å². The Morgan fingerprint density at radius 3 is 0.810 bits per heavy atom. The zero-order chi connectivity index (χ0) is 31.7. The first-order valence-corrected chi connectivity index (χ1v) is 10.6. The van der Waals surface area contributed by atoms with Gasteiger partial charge in [-0.15, -0.1) is 16.4 Å². The molecule has 4 rings (SSSR count). The van der Waals surface area contributed by atoms with Crippen molar-refractivity contribution in [3.63, 3.8) is 0 Å². The second-order valence-corrected chi connectivity index (χ2v) is 8.48. The van der Waals surface area contributed by atoms with Gasteiger partial charge in [0.25, 0.3) is 0 Å². The first kappa shape index (κ1) is 30.7. The molecule has 0 amide bonds. The molecule has 0 nitrogen and oxygen atoms in total. The summed E-state index contributed by atoms with van der Waals surface area (Å²) in [5, 5.41) is 0. The molecule has 0 fully saturated rings. The fourth-order valence-electron chi connectivity index (χ4n) is 4.75. The number of halogens is 17. The molecule has 0 aliphatic carbocycles. The fourth-order valence-corrected chi connectivity index (χ4v) is 4.75. The van der Waals surface area contributed by atoms with Gasteiger partial charge in [-0.05, 0) is 12.1 Å². The molecule has 222 valence electrons. The van der Waals surface area contributed by atoms with Crippen molar-refractivity contribution in [2.45, 2.75) is 0 Å². The van der Waals surface area contributed by atoms with Gasteiger partial charge in [-0.2, -0.15) is 5.46 Å². The van der Waals surface area contributed by atoms with Crippen LogP contribution in [-0.2, 0) is 0 Å². The zero-order valence-corrected chi connectivity index (χ0v) is 19.2. The van der Waals surface area contributed by atoms with Crippen LogP contribution in [0.1, 0.15) is 0 Å². The van der Waals surface area contributed by atoms with E-state index < -0.39 is 133 Å². The highest BCUT2D eigenvalue weighted by molar-refractivity contribution is 7.20. The molecule has 0 saturated carbocycles. The first-order chi connectivity index (χ1) is 19.4. The molecule has 18 heteroatoms. The van der Waals surface area contributed by atoms with Crippen molar-refractivity contribution in [1.82, 2.24) is 0 Å². The lowest BCUT2D eigenvalue weighted by Crippen LogP contribution is -2.80. The third-order valence-electron chi connectivity index (χ3n) is 6.45. The van der Waals surface area contributed by atoms with Crippen LogP contribution in [0.2, 0.25) is 0 Å². The van der Waals surface area contributed by atoms with Crippen molar-refractivity contribution >= 4 is 28.0 Å². The Labute approximate surface area is 220 Å². The Bertz CT molecular complexity index is 1560. The van der Waals surface area contributed by atoms with Gasteiger partial charge in [0.1, 0.15) is 46.9 Å². The highest BCUT2D eigenvalue weighted by Gasteiger charge is 2.50. The Morgan fingerprint density at radius 1 is 0.310 bits per heavy atom. The number of hydrogen-bond donors (Lipinski definition) is 0. The molecule has 4 aromatic carbocycles. The molecule has 0 bridgehead atoms. The normalized spacial score (nSPS) is 11.9. The lowest BCUT2D eigenvalue weighted by atomic mass is 9.12. The van der Waals surface area contributed by atoms with Crippen LogP contribution >= 0.6 is 0 Å². The summed E-state index contributed by atoms with van der Waals surface area (Å²) in [6, 6.07) is -0.649. The van der Waals surface area contributed by atoms with Gasteiger partial charge in [-0.3, -0.25) is 0 Å². The Balaban J connectivity index is 2.61. The van der Waals surface area contributed by atoms with Crippen LogP contribution in [0.3, 0.4) is 0 Å². The van der Waals surface area contributed by atoms with Gasteiger partial charge in [0.15, 0.2) is 52.4 Å². The molecule has 4 aromatic rings. The van der Waals surface area contributed by atoms with Crippen LogP contribution in [0, 0.1) is 98.9 Å². The molecule has 0 N–H and O–H groups in total. The molecule has 0 radical (unpaired) electrons. The van der Waals surface area contributed by atoms with E-state index >= 15 is 30.7 Å². The summed E-state index contributed by atoms with van der Waals surface area (Å²) in [4.78, 5) is 0. The topological polar surface area (TPSA) is 0 Å². The quantitative estimate of drug-likeness (QED) is 0.123. The standard InChI is InChI=1S/C24H3BF17/c26-4-1-2-6(27)5(3-4)25(7-10(28)16(34)22(40)17(35)11(7)29,8-12(30)18(36)23(41)19(37)13(8)31)9-14(32)20(38)24(42)21(39)15(9)33/h1-3H/q-1. The summed E-state index contributed by atoms with van der Waals surface area (Å²) in [5.74, 6) is -53.2. The molecule has 0 saturated heterocycles. The van der Waals surface area contributed by atoms with Crippen molar-refractivity contribution in [2.24, 2.45) is 0 Å². The van der Waals surface area contributed by atoms with Gasteiger partial charge in [0.05, 0.1) is 5.82 Å². The molecule has 0 aliphatic rings. The third kappa shape index (κ3) is 3.94. The maximum Gasteiger partial charge on any atom is 0.200 e. The van der Waals surface area contributed by atoms with E-state index in [4.69, 9.17) is 0 Å². The fraction of sp³-hybridized carbons (Fsp3) is 0. The molecular weight excluding hydrogens is 622 g/mol. The molecule has 0 atom stereocenters. The van der Waals surface area contributed by atoms with Crippen LogP contribution in [0.5, 0.6) is 0 Å². The number of hydrogen-bond acceptors (Lipinski definition) is 0. The first-order valence-electron chi connectivity index (χ1n) is 10.6. The second kappa shape index (κ2) is 10.2. The largest absolute Gasteiger partial charge is 0.210 e. The average molecular weight is 625 g/mol. The number of rotatable bonds is 4. The monoisotopic (exact) mass is 625 g/mol. The average Bonchev–Trinajstić information content (AvgIpc) is 2.95. The van der Waals surface area contributed by atoms with E-state index in [2.05, 4.69) is 0 Å². The van der Waals surface area contributed by atoms with Crippen molar-refractivity contribution in [2.75, 3.05) is 0 Å². The maximum atomic E-state index is 15.3. The minimum absolute atomic E-state index is 0.0648. The highest BCUT2D eigenvalue weighted by atomic mass is 19.2. The van der Waals surface area contributed by atoms with E-state index in [0.717, 1.165) is 0 Å². The number of benzene rings is 4. The smallest absolute Gasteiger partial charge is 0.200 e.